The zero-order chi connectivity index (χ0) is 40.0. The zero-order valence-corrected chi connectivity index (χ0v) is 33.0. The number of aromatic nitrogens is 1. The van der Waals surface area contributed by atoms with Gasteiger partial charge in [-0.2, -0.15) is 0 Å². The van der Waals surface area contributed by atoms with Gasteiger partial charge in [0.1, 0.15) is 22.5 Å². The summed E-state index contributed by atoms with van der Waals surface area (Å²) >= 11 is 0. The summed E-state index contributed by atoms with van der Waals surface area (Å²) in [7, 11) is 0. The normalized spacial score (nSPS) is 11.9. The molecule has 0 fully saturated rings. The fraction of sp³-hybridized carbons (Fsp3) is 0. The molecular formula is C58H35NO2. The van der Waals surface area contributed by atoms with Crippen LogP contribution in [0.5, 0.6) is 0 Å². The third-order valence-corrected chi connectivity index (χ3v) is 12.6. The van der Waals surface area contributed by atoms with Crippen molar-refractivity contribution in [3.8, 4) is 50.4 Å². The maximum Gasteiger partial charge on any atom is 0.143 e. The molecule has 0 aliphatic rings. The molecule has 3 aromatic heterocycles. The molecule has 0 aliphatic carbocycles. The van der Waals surface area contributed by atoms with E-state index in [9.17, 15) is 0 Å². The lowest BCUT2D eigenvalue weighted by atomic mass is 9.85. The van der Waals surface area contributed by atoms with Gasteiger partial charge in [0.25, 0.3) is 0 Å². The van der Waals surface area contributed by atoms with Gasteiger partial charge >= 0.3 is 0 Å². The number of para-hydroxylation sites is 2. The van der Waals surface area contributed by atoms with Gasteiger partial charge in [-0.15, -0.1) is 0 Å². The lowest BCUT2D eigenvalue weighted by molar-refractivity contribution is 0.632. The highest BCUT2D eigenvalue weighted by Gasteiger charge is 2.22. The monoisotopic (exact) mass is 777 g/mol. The van der Waals surface area contributed by atoms with Crippen molar-refractivity contribution in [1.29, 1.82) is 0 Å². The number of hydrogen-bond donors (Lipinski definition) is 0. The van der Waals surface area contributed by atoms with Gasteiger partial charge < -0.3 is 13.4 Å². The lowest BCUT2D eigenvalue weighted by Gasteiger charge is -2.18. The molecule has 10 aromatic carbocycles. The van der Waals surface area contributed by atoms with Crippen molar-refractivity contribution >= 4 is 76.3 Å². The quantitative estimate of drug-likeness (QED) is 0.163. The van der Waals surface area contributed by atoms with Crippen LogP contribution >= 0.6 is 0 Å². The van der Waals surface area contributed by atoms with E-state index in [1.54, 1.807) is 0 Å². The van der Waals surface area contributed by atoms with Crippen LogP contribution in [-0.4, -0.2) is 4.57 Å². The molecular weight excluding hydrogens is 743 g/mol. The molecule has 0 unspecified atom stereocenters. The Morgan fingerprint density at radius 1 is 0.262 bits per heavy atom. The highest BCUT2D eigenvalue weighted by atomic mass is 16.3. The number of nitrogens with zero attached hydrogens (tertiary/aromatic N) is 1. The van der Waals surface area contributed by atoms with Crippen molar-refractivity contribution in [2.24, 2.45) is 0 Å². The molecule has 0 N–H and O–H groups in total. The first-order valence-electron chi connectivity index (χ1n) is 20.8. The van der Waals surface area contributed by atoms with E-state index >= 15 is 0 Å². The van der Waals surface area contributed by atoms with E-state index in [0.717, 1.165) is 66.6 Å². The summed E-state index contributed by atoms with van der Waals surface area (Å²) in [6, 6.07) is 76.1. The summed E-state index contributed by atoms with van der Waals surface area (Å²) in [6.07, 6.45) is 0. The lowest BCUT2D eigenvalue weighted by Crippen LogP contribution is -1.93. The van der Waals surface area contributed by atoms with Crippen LogP contribution < -0.4 is 0 Å². The Morgan fingerprint density at radius 3 is 1.39 bits per heavy atom. The SMILES string of the molecule is c1ccc(-c2oc3cc4c(cc3c2-c2ccccc2)oc2ccc(-c3c5ccccc5c(-c5ccc6c(c5)c5ccccc5n6-c5ccccc5)c5ccccc35)cc24)cc1. The summed E-state index contributed by atoms with van der Waals surface area (Å²) < 4.78 is 15.8. The summed E-state index contributed by atoms with van der Waals surface area (Å²) in [5, 5.41) is 10.5. The summed E-state index contributed by atoms with van der Waals surface area (Å²) in [4.78, 5) is 0. The molecule has 0 saturated heterocycles. The largest absolute Gasteiger partial charge is 0.456 e. The highest BCUT2D eigenvalue weighted by Crippen LogP contribution is 2.48. The van der Waals surface area contributed by atoms with Gasteiger partial charge in [0.2, 0.25) is 0 Å². The third-order valence-electron chi connectivity index (χ3n) is 12.6. The predicted molar refractivity (Wildman–Crippen MR) is 255 cm³/mol. The smallest absolute Gasteiger partial charge is 0.143 e. The van der Waals surface area contributed by atoms with Crippen molar-refractivity contribution in [1.82, 2.24) is 4.57 Å². The van der Waals surface area contributed by atoms with E-state index in [1.807, 2.05) is 6.07 Å². The second kappa shape index (κ2) is 13.2. The minimum Gasteiger partial charge on any atom is -0.456 e. The molecule has 284 valence electrons. The van der Waals surface area contributed by atoms with Crippen molar-refractivity contribution in [2.75, 3.05) is 0 Å². The standard InChI is InChI=1S/C58H35NO2/c1-4-16-36(17-5-1)57-49-35-53-48(34-54(49)61-58(57)37-18-6-2-7-19-37)47-33-39(29-31-52(47)60-53)56-44-25-12-10-23-42(44)55(43-24-11-13-26-45(43)56)38-28-30-51-46(32-38)41-22-14-15-27-50(41)59(51)40-20-8-3-9-21-40/h1-35H. The Kier molecular flexibility index (Phi) is 7.31. The molecule has 0 atom stereocenters. The summed E-state index contributed by atoms with van der Waals surface area (Å²) in [6.45, 7) is 0. The minimum absolute atomic E-state index is 0.836. The van der Waals surface area contributed by atoms with E-state index in [0.29, 0.717) is 0 Å². The van der Waals surface area contributed by atoms with Gasteiger partial charge in [-0.3, -0.25) is 0 Å². The first kappa shape index (κ1) is 33.8. The Morgan fingerprint density at radius 2 is 0.738 bits per heavy atom. The molecule has 13 rings (SSSR count). The van der Waals surface area contributed by atoms with Crippen LogP contribution in [0.2, 0.25) is 0 Å². The number of fused-ring (bicyclic) bond motifs is 9. The molecule has 61 heavy (non-hydrogen) atoms. The van der Waals surface area contributed by atoms with Crippen LogP contribution in [0, 0.1) is 0 Å². The van der Waals surface area contributed by atoms with Crippen LogP contribution in [0.1, 0.15) is 0 Å². The van der Waals surface area contributed by atoms with Crippen LogP contribution in [0.3, 0.4) is 0 Å². The Labute approximate surface area is 350 Å². The molecule has 3 nitrogen and oxygen atoms in total. The first-order chi connectivity index (χ1) is 30.3. The molecule has 0 radical (unpaired) electrons. The van der Waals surface area contributed by atoms with Crippen LogP contribution in [0.25, 0.3) is 127 Å². The van der Waals surface area contributed by atoms with Crippen molar-refractivity contribution in [3.63, 3.8) is 0 Å². The second-order valence-corrected chi connectivity index (χ2v) is 16.0. The first-order valence-corrected chi connectivity index (χ1v) is 20.8. The Hall–Kier alpha value is -8.14. The van der Waals surface area contributed by atoms with Crippen molar-refractivity contribution < 1.29 is 8.83 Å². The Bertz CT molecular complexity index is 3800. The fourth-order valence-corrected chi connectivity index (χ4v) is 9.94. The molecule has 0 aliphatic heterocycles. The highest BCUT2D eigenvalue weighted by molar-refractivity contribution is 6.23. The van der Waals surface area contributed by atoms with E-state index in [-0.39, 0.29) is 0 Å². The zero-order valence-electron chi connectivity index (χ0n) is 33.0. The number of rotatable bonds is 5. The molecule has 13 aromatic rings. The van der Waals surface area contributed by atoms with Gasteiger partial charge in [-0.25, -0.2) is 0 Å². The number of benzene rings is 10. The summed E-state index contributed by atoms with van der Waals surface area (Å²) in [5.41, 5.74) is 14.1. The fourth-order valence-electron chi connectivity index (χ4n) is 9.94. The van der Waals surface area contributed by atoms with E-state index in [2.05, 4.69) is 211 Å². The number of hydrogen-bond acceptors (Lipinski definition) is 2. The van der Waals surface area contributed by atoms with E-state index < -0.39 is 0 Å². The third kappa shape index (κ3) is 5.11. The summed E-state index contributed by atoms with van der Waals surface area (Å²) in [5.74, 6) is 0.860. The second-order valence-electron chi connectivity index (χ2n) is 16.0. The maximum absolute atomic E-state index is 6.78. The number of furan rings is 2. The van der Waals surface area contributed by atoms with E-state index in [1.165, 1.54) is 60.0 Å². The maximum atomic E-state index is 6.78. The van der Waals surface area contributed by atoms with Crippen molar-refractivity contribution in [3.05, 3.63) is 212 Å². The van der Waals surface area contributed by atoms with Gasteiger partial charge in [0, 0.05) is 43.7 Å². The van der Waals surface area contributed by atoms with Crippen LogP contribution in [0.15, 0.2) is 221 Å². The van der Waals surface area contributed by atoms with Gasteiger partial charge in [0.15, 0.2) is 0 Å². The van der Waals surface area contributed by atoms with Crippen LogP contribution in [0.4, 0.5) is 0 Å². The average Bonchev–Trinajstić information content (AvgIpc) is 3.99. The molecule has 3 heteroatoms. The van der Waals surface area contributed by atoms with Crippen molar-refractivity contribution in [2.45, 2.75) is 0 Å². The van der Waals surface area contributed by atoms with Gasteiger partial charge in [-0.1, -0.05) is 158 Å². The molecule has 0 amide bonds. The van der Waals surface area contributed by atoms with E-state index in [4.69, 9.17) is 8.83 Å². The minimum atomic E-state index is 0.836. The van der Waals surface area contributed by atoms with Crippen LogP contribution in [-0.2, 0) is 0 Å². The average molecular weight is 778 g/mol. The predicted octanol–water partition coefficient (Wildman–Crippen LogP) is 16.4. The van der Waals surface area contributed by atoms with Gasteiger partial charge in [-0.05, 0) is 104 Å². The molecule has 3 heterocycles. The van der Waals surface area contributed by atoms with Gasteiger partial charge in [0.05, 0.1) is 11.0 Å². The molecule has 0 saturated carbocycles. The molecule has 0 spiro atoms. The Balaban J connectivity index is 1.02. The molecule has 0 bridgehead atoms. The topological polar surface area (TPSA) is 31.2 Å².